The highest BCUT2D eigenvalue weighted by Gasteiger charge is 2.20. The first kappa shape index (κ1) is 17.2. The molecular formula is C15H18ClNO4S. The Labute approximate surface area is 138 Å². The summed E-state index contributed by atoms with van der Waals surface area (Å²) < 4.78 is 11.3. The quantitative estimate of drug-likeness (QED) is 0.782. The molecular weight excluding hydrogens is 326 g/mol. The van der Waals surface area contributed by atoms with Crippen LogP contribution in [0.2, 0.25) is 5.02 Å². The maximum atomic E-state index is 11.5. The predicted molar refractivity (Wildman–Crippen MR) is 87.9 cm³/mol. The Bertz CT molecular complexity index is 669. The van der Waals surface area contributed by atoms with E-state index in [9.17, 15) is 9.90 Å². The molecule has 120 valence electrons. The summed E-state index contributed by atoms with van der Waals surface area (Å²) >= 11 is 7.31. The van der Waals surface area contributed by atoms with Crippen LogP contribution in [0, 0.1) is 0 Å². The van der Waals surface area contributed by atoms with E-state index >= 15 is 0 Å². The number of hydrogen-bond acceptors (Lipinski definition) is 5. The number of fused-ring (bicyclic) bond motifs is 1. The zero-order valence-corrected chi connectivity index (χ0v) is 14.2. The van der Waals surface area contributed by atoms with Crippen LogP contribution in [0.25, 0.3) is 10.1 Å². The fraction of sp³-hybridized carbons (Fsp3) is 0.400. The van der Waals surface area contributed by atoms with E-state index in [0.717, 1.165) is 15.6 Å². The second-order valence-corrected chi connectivity index (χ2v) is 6.44. The van der Waals surface area contributed by atoms with E-state index in [0.29, 0.717) is 23.0 Å². The second-order valence-electron chi connectivity index (χ2n) is 4.95. The number of halogens is 1. The number of ether oxygens (including phenoxy) is 2. The number of carboxylic acids is 1. The summed E-state index contributed by atoms with van der Waals surface area (Å²) in [7, 11) is 5.04. The molecule has 2 rings (SSSR count). The molecule has 1 aromatic heterocycles. The summed E-state index contributed by atoms with van der Waals surface area (Å²) in [5, 5.41) is 10.9. The van der Waals surface area contributed by atoms with E-state index in [1.54, 1.807) is 20.3 Å². The third kappa shape index (κ3) is 3.77. The number of rotatable bonds is 7. The molecule has 0 bridgehead atoms. The van der Waals surface area contributed by atoms with E-state index in [1.165, 1.54) is 11.3 Å². The summed E-state index contributed by atoms with van der Waals surface area (Å²) in [4.78, 5) is 13.8. The van der Waals surface area contributed by atoms with Gasteiger partial charge in [-0.05, 0) is 36.2 Å². The van der Waals surface area contributed by atoms with E-state index in [-0.39, 0.29) is 6.29 Å². The number of carbonyl (C=O) groups is 1. The maximum absolute atomic E-state index is 11.5. The molecule has 0 amide bonds. The van der Waals surface area contributed by atoms with Crippen molar-refractivity contribution in [1.82, 2.24) is 4.90 Å². The Morgan fingerprint density at radius 2 is 2.09 bits per heavy atom. The van der Waals surface area contributed by atoms with Crippen LogP contribution in [0.1, 0.15) is 15.2 Å². The van der Waals surface area contributed by atoms with Gasteiger partial charge in [0.2, 0.25) is 0 Å². The van der Waals surface area contributed by atoms with Crippen LogP contribution in [-0.2, 0) is 16.0 Å². The van der Waals surface area contributed by atoms with E-state index < -0.39 is 5.97 Å². The molecule has 0 spiro atoms. The monoisotopic (exact) mass is 343 g/mol. The average Bonchev–Trinajstić information content (AvgIpc) is 2.83. The zero-order chi connectivity index (χ0) is 16.3. The van der Waals surface area contributed by atoms with Gasteiger partial charge in [-0.15, -0.1) is 11.3 Å². The summed E-state index contributed by atoms with van der Waals surface area (Å²) in [6, 6.07) is 5.43. The van der Waals surface area contributed by atoms with Gasteiger partial charge in [0.1, 0.15) is 4.88 Å². The van der Waals surface area contributed by atoms with Crippen LogP contribution in [0.3, 0.4) is 0 Å². The Hall–Kier alpha value is -1.18. The largest absolute Gasteiger partial charge is 0.477 e. The Morgan fingerprint density at radius 3 is 2.68 bits per heavy atom. The lowest BCUT2D eigenvalue weighted by molar-refractivity contribution is -0.114. The van der Waals surface area contributed by atoms with Gasteiger partial charge in [0.15, 0.2) is 6.29 Å². The molecule has 0 saturated carbocycles. The zero-order valence-electron chi connectivity index (χ0n) is 12.6. The number of nitrogens with zero attached hydrogens (tertiary/aromatic N) is 1. The number of carboxylic acid groups (broad SMARTS) is 1. The molecule has 1 heterocycles. The predicted octanol–water partition coefficient (Wildman–Crippen LogP) is 3.30. The van der Waals surface area contributed by atoms with Gasteiger partial charge in [-0.1, -0.05) is 11.6 Å². The Morgan fingerprint density at radius 1 is 1.41 bits per heavy atom. The molecule has 2 aromatic rings. The van der Waals surface area contributed by atoms with Crippen LogP contribution < -0.4 is 0 Å². The van der Waals surface area contributed by atoms with Crippen molar-refractivity contribution in [2.24, 2.45) is 0 Å². The highest BCUT2D eigenvalue weighted by molar-refractivity contribution is 7.21. The third-order valence-corrected chi connectivity index (χ3v) is 4.80. The molecule has 0 aliphatic carbocycles. The second kappa shape index (κ2) is 7.39. The lowest BCUT2D eigenvalue weighted by atomic mass is 10.1. The standard InChI is InChI=1S/C15H18ClNO4S/c1-17(8-13(20-2)21-3)7-11-10-6-9(16)4-5-12(10)22-14(11)15(18)19/h4-6,13H,7-8H2,1-3H3,(H,18,19). The highest BCUT2D eigenvalue weighted by atomic mass is 35.5. The smallest absolute Gasteiger partial charge is 0.346 e. The van der Waals surface area contributed by atoms with Gasteiger partial charge in [-0.2, -0.15) is 0 Å². The molecule has 22 heavy (non-hydrogen) atoms. The van der Waals surface area contributed by atoms with Crippen molar-refractivity contribution < 1.29 is 19.4 Å². The summed E-state index contributed by atoms with van der Waals surface area (Å²) in [5.74, 6) is -0.921. The lowest BCUT2D eigenvalue weighted by Gasteiger charge is -2.22. The maximum Gasteiger partial charge on any atom is 0.346 e. The fourth-order valence-electron chi connectivity index (χ4n) is 2.28. The van der Waals surface area contributed by atoms with Gasteiger partial charge < -0.3 is 14.6 Å². The van der Waals surface area contributed by atoms with Crippen molar-refractivity contribution in [3.05, 3.63) is 33.7 Å². The number of aromatic carboxylic acids is 1. The number of thiophene rings is 1. The van der Waals surface area contributed by atoms with Crippen LogP contribution >= 0.6 is 22.9 Å². The summed E-state index contributed by atoms with van der Waals surface area (Å²) in [6.07, 6.45) is -0.355. The molecule has 7 heteroatoms. The van der Waals surface area contributed by atoms with Crippen LogP contribution in [-0.4, -0.2) is 50.1 Å². The molecule has 0 aliphatic rings. The minimum atomic E-state index is -0.921. The molecule has 1 N–H and O–H groups in total. The third-order valence-electron chi connectivity index (χ3n) is 3.36. The van der Waals surface area contributed by atoms with Gasteiger partial charge in [0.25, 0.3) is 0 Å². The number of likely N-dealkylation sites (N-methyl/N-ethyl adjacent to an activating group) is 1. The van der Waals surface area contributed by atoms with Crippen molar-refractivity contribution in [3.63, 3.8) is 0 Å². The molecule has 0 atom stereocenters. The van der Waals surface area contributed by atoms with Crippen molar-refractivity contribution in [3.8, 4) is 0 Å². The van der Waals surface area contributed by atoms with Crippen LogP contribution in [0.4, 0.5) is 0 Å². The Kier molecular flexibility index (Phi) is 5.77. The van der Waals surface area contributed by atoms with Gasteiger partial charge in [-0.25, -0.2) is 4.79 Å². The van der Waals surface area contributed by atoms with Gasteiger partial charge in [0, 0.05) is 37.0 Å². The first-order chi connectivity index (χ1) is 10.5. The lowest BCUT2D eigenvalue weighted by Crippen LogP contribution is -2.31. The Balaban J connectivity index is 2.34. The van der Waals surface area contributed by atoms with E-state index in [2.05, 4.69) is 0 Å². The SMILES string of the molecule is COC(CN(C)Cc1c(C(=O)O)sc2ccc(Cl)cc12)OC. The van der Waals surface area contributed by atoms with Gasteiger partial charge >= 0.3 is 5.97 Å². The fourth-order valence-corrected chi connectivity index (χ4v) is 3.49. The van der Waals surface area contributed by atoms with Crippen molar-refractivity contribution in [2.45, 2.75) is 12.8 Å². The molecule has 1 aromatic carbocycles. The first-order valence-electron chi connectivity index (χ1n) is 6.64. The van der Waals surface area contributed by atoms with Crippen LogP contribution in [0.5, 0.6) is 0 Å². The molecule has 0 fully saturated rings. The normalized spacial score (nSPS) is 11.7. The average molecular weight is 344 g/mol. The molecule has 5 nitrogen and oxygen atoms in total. The first-order valence-corrected chi connectivity index (χ1v) is 7.84. The molecule has 0 saturated heterocycles. The minimum Gasteiger partial charge on any atom is -0.477 e. The number of benzene rings is 1. The highest BCUT2D eigenvalue weighted by Crippen LogP contribution is 2.34. The van der Waals surface area contributed by atoms with Crippen LogP contribution in [0.15, 0.2) is 18.2 Å². The van der Waals surface area contributed by atoms with Crippen molar-refractivity contribution in [2.75, 3.05) is 27.8 Å². The molecule has 0 aliphatic heterocycles. The van der Waals surface area contributed by atoms with Crippen molar-refractivity contribution >= 4 is 39.0 Å². The number of hydrogen-bond donors (Lipinski definition) is 1. The number of methoxy groups -OCH3 is 2. The summed E-state index contributed by atoms with van der Waals surface area (Å²) in [5.41, 5.74) is 0.767. The van der Waals surface area contributed by atoms with E-state index in [1.807, 2.05) is 24.1 Å². The topological polar surface area (TPSA) is 59.0 Å². The minimum absolute atomic E-state index is 0.343. The molecule has 0 unspecified atom stereocenters. The van der Waals surface area contributed by atoms with Gasteiger partial charge in [0.05, 0.1) is 0 Å². The van der Waals surface area contributed by atoms with Crippen molar-refractivity contribution in [1.29, 1.82) is 0 Å². The summed E-state index contributed by atoms with van der Waals surface area (Å²) in [6.45, 7) is 1.01. The van der Waals surface area contributed by atoms with E-state index in [4.69, 9.17) is 21.1 Å². The van der Waals surface area contributed by atoms with Gasteiger partial charge in [-0.3, -0.25) is 4.90 Å². The molecule has 0 radical (unpaired) electrons.